The van der Waals surface area contributed by atoms with Crippen LogP contribution in [-0.4, -0.2) is 113 Å². The number of ether oxygens (including phenoxy) is 2. The van der Waals surface area contributed by atoms with Crippen LogP contribution in [-0.2, 0) is 19.6 Å². The number of hydrogen-bond donors (Lipinski definition) is 1. The lowest BCUT2D eigenvalue weighted by Crippen LogP contribution is -2.44. The SMILES string of the molecule is C.C.Cc1nc(N2CCOC[C@@H]2C)nc(-n2ccnc2)c1[N+](=O)[O-].Cc1nc(N2CCOC[C@@H]2C)nc(-n2ccnc2)c1[N+](=O)[O-].O=S(=O)(O)c1ccccc1. The number of hydrogen-bond acceptors (Lipinski definition) is 16. The Morgan fingerprint density at radius 2 is 1.14 bits per heavy atom. The molecule has 2 fully saturated rings. The van der Waals surface area contributed by atoms with Crippen molar-refractivity contribution in [3.8, 4) is 11.6 Å². The summed E-state index contributed by atoms with van der Waals surface area (Å²) in [5.74, 6) is 1.40. The highest BCUT2D eigenvalue weighted by Crippen LogP contribution is 2.29. The number of rotatable bonds is 7. The molecule has 0 radical (unpaired) electrons. The molecular weight excluding hydrogens is 753 g/mol. The minimum atomic E-state index is -4.00. The van der Waals surface area contributed by atoms with Crippen molar-refractivity contribution in [1.29, 1.82) is 0 Å². The fourth-order valence-electron chi connectivity index (χ4n) is 5.53. The van der Waals surface area contributed by atoms with Gasteiger partial charge in [0.05, 0.1) is 53.3 Å². The van der Waals surface area contributed by atoms with E-state index < -0.39 is 20.0 Å². The second-order valence-electron chi connectivity index (χ2n) is 12.0. The molecule has 5 aromatic rings. The van der Waals surface area contributed by atoms with Gasteiger partial charge in [-0.2, -0.15) is 18.4 Å². The first kappa shape index (κ1) is 44.4. The van der Waals surface area contributed by atoms with Crippen molar-refractivity contribution in [3.05, 3.63) is 99.4 Å². The molecule has 2 aliphatic heterocycles. The number of morpholine rings is 2. The molecule has 6 heterocycles. The highest BCUT2D eigenvalue weighted by molar-refractivity contribution is 7.85. The second-order valence-corrected chi connectivity index (χ2v) is 13.5. The summed E-state index contributed by atoms with van der Waals surface area (Å²) in [7, 11) is -4.00. The molecule has 0 saturated carbocycles. The van der Waals surface area contributed by atoms with Crippen molar-refractivity contribution in [2.24, 2.45) is 0 Å². The van der Waals surface area contributed by atoms with Gasteiger partial charge in [-0.25, -0.2) is 19.9 Å². The highest BCUT2D eigenvalue weighted by atomic mass is 32.2. The smallest absolute Gasteiger partial charge is 0.333 e. The standard InChI is InChI=1S/2C13H16N6O3.C6H6O3S.2CH4/c2*1-9-7-22-6-5-18(9)13-15-10(2)11(19(20)21)12(16-13)17-4-3-14-8-17;7-10(8,9)6-4-2-1-3-5-6;;/h2*3-4,8-9H,5-7H2,1-2H3;1-5H,(H,7,8,9);2*1H4/t2*9-;;;/m00.../s1. The van der Waals surface area contributed by atoms with Crippen LogP contribution in [0.15, 0.2) is 72.7 Å². The van der Waals surface area contributed by atoms with E-state index in [1.54, 1.807) is 56.8 Å². The number of anilines is 2. The van der Waals surface area contributed by atoms with E-state index in [1.807, 2.05) is 23.6 Å². The van der Waals surface area contributed by atoms with Gasteiger partial charge >= 0.3 is 11.4 Å². The van der Waals surface area contributed by atoms with Crippen LogP contribution < -0.4 is 9.80 Å². The van der Waals surface area contributed by atoms with E-state index in [2.05, 4.69) is 29.9 Å². The molecule has 0 amide bonds. The zero-order valence-electron chi connectivity index (χ0n) is 29.7. The van der Waals surface area contributed by atoms with Crippen molar-refractivity contribution in [3.63, 3.8) is 0 Å². The Hall–Kier alpha value is -5.97. The van der Waals surface area contributed by atoms with Gasteiger partial charge in [0, 0.05) is 37.9 Å². The summed E-state index contributed by atoms with van der Waals surface area (Å²) in [5, 5.41) is 22.7. The molecule has 7 rings (SSSR count). The topological polar surface area (TPSA) is 253 Å². The molecule has 302 valence electrons. The Morgan fingerprint density at radius 3 is 1.45 bits per heavy atom. The molecule has 2 aliphatic rings. The van der Waals surface area contributed by atoms with Crippen LogP contribution in [0.5, 0.6) is 0 Å². The van der Waals surface area contributed by atoms with Crippen LogP contribution in [0.3, 0.4) is 0 Å². The average Bonchev–Trinajstić information content (AvgIpc) is 3.88. The third-order valence-corrected chi connectivity index (χ3v) is 9.08. The second kappa shape index (κ2) is 19.6. The van der Waals surface area contributed by atoms with Crippen LogP contribution in [0, 0.1) is 34.1 Å². The summed E-state index contributed by atoms with van der Waals surface area (Å²) in [6.45, 7) is 10.9. The third kappa shape index (κ3) is 10.6. The Morgan fingerprint density at radius 1 is 0.732 bits per heavy atom. The molecule has 0 aliphatic carbocycles. The van der Waals surface area contributed by atoms with E-state index >= 15 is 0 Å². The molecule has 0 unspecified atom stereocenters. The van der Waals surface area contributed by atoms with Gasteiger partial charge < -0.3 is 19.3 Å². The predicted molar refractivity (Wildman–Crippen MR) is 206 cm³/mol. The summed E-state index contributed by atoms with van der Waals surface area (Å²) >= 11 is 0. The first-order chi connectivity index (χ1) is 25.8. The lowest BCUT2D eigenvalue weighted by molar-refractivity contribution is -0.385. The Kier molecular flexibility index (Phi) is 15.5. The molecule has 4 aromatic heterocycles. The largest absolute Gasteiger partial charge is 0.377 e. The summed E-state index contributed by atoms with van der Waals surface area (Å²) in [5.41, 5.74) is 0.445. The highest BCUT2D eigenvalue weighted by Gasteiger charge is 2.29. The number of nitrogens with zero attached hydrogens (tertiary/aromatic N) is 12. The maximum absolute atomic E-state index is 11.3. The molecule has 21 nitrogen and oxygen atoms in total. The zero-order chi connectivity index (χ0) is 39.0. The number of aromatic nitrogens is 8. The van der Waals surface area contributed by atoms with E-state index in [-0.39, 0.29) is 54.8 Å². The van der Waals surface area contributed by atoms with Gasteiger partial charge in [-0.3, -0.25) is 33.9 Å². The van der Waals surface area contributed by atoms with Crippen LogP contribution in [0.2, 0.25) is 0 Å². The van der Waals surface area contributed by atoms with Gasteiger partial charge in [0.2, 0.25) is 23.5 Å². The van der Waals surface area contributed by atoms with Crippen molar-refractivity contribution < 1.29 is 32.3 Å². The third-order valence-electron chi connectivity index (χ3n) is 8.21. The minimum absolute atomic E-state index is 0. The van der Waals surface area contributed by atoms with Gasteiger partial charge in [0.25, 0.3) is 10.1 Å². The molecule has 1 N–H and O–H groups in total. The normalized spacial score (nSPS) is 16.5. The molecular formula is C34H46N12O9S. The quantitative estimate of drug-likeness (QED) is 0.136. The van der Waals surface area contributed by atoms with Gasteiger partial charge in [0.1, 0.15) is 24.0 Å². The molecule has 2 atom stereocenters. The maximum Gasteiger partial charge on any atom is 0.333 e. The van der Waals surface area contributed by atoms with E-state index in [4.69, 9.17) is 14.0 Å². The number of benzene rings is 1. The molecule has 1 aromatic carbocycles. The van der Waals surface area contributed by atoms with E-state index in [0.29, 0.717) is 62.8 Å². The van der Waals surface area contributed by atoms with Crippen molar-refractivity contribution >= 4 is 33.4 Å². The molecule has 0 bridgehead atoms. The zero-order valence-corrected chi connectivity index (χ0v) is 30.6. The van der Waals surface area contributed by atoms with Crippen LogP contribution in [0.25, 0.3) is 11.6 Å². The van der Waals surface area contributed by atoms with E-state index in [0.717, 1.165) is 0 Å². The summed E-state index contributed by atoms with van der Waals surface area (Å²) in [4.78, 5) is 51.0. The van der Waals surface area contributed by atoms with Crippen LogP contribution >= 0.6 is 0 Å². The number of nitro groups is 2. The van der Waals surface area contributed by atoms with Crippen molar-refractivity contribution in [2.75, 3.05) is 49.3 Å². The maximum atomic E-state index is 11.3. The van der Waals surface area contributed by atoms with E-state index in [1.165, 1.54) is 33.9 Å². The lowest BCUT2D eigenvalue weighted by Gasteiger charge is -2.33. The monoisotopic (exact) mass is 798 g/mol. The van der Waals surface area contributed by atoms with Gasteiger partial charge in [-0.1, -0.05) is 33.1 Å². The summed E-state index contributed by atoms with van der Waals surface area (Å²) in [6, 6.07) is 7.65. The fourth-order valence-corrected chi connectivity index (χ4v) is 6.03. The van der Waals surface area contributed by atoms with E-state index in [9.17, 15) is 28.6 Å². The Bertz CT molecular complexity index is 2040. The molecule has 0 spiro atoms. The average molecular weight is 799 g/mol. The van der Waals surface area contributed by atoms with Crippen LogP contribution in [0.1, 0.15) is 40.1 Å². The van der Waals surface area contributed by atoms with Crippen molar-refractivity contribution in [2.45, 2.75) is 59.5 Å². The number of aryl methyl sites for hydroxylation is 2. The number of imidazole rings is 2. The van der Waals surface area contributed by atoms with Gasteiger partial charge in [-0.15, -0.1) is 0 Å². The van der Waals surface area contributed by atoms with Gasteiger partial charge in [0.15, 0.2) is 0 Å². The molecule has 22 heteroatoms. The first-order valence-electron chi connectivity index (χ1n) is 16.5. The summed E-state index contributed by atoms with van der Waals surface area (Å²) in [6.07, 6.45) is 9.33. The fraction of sp³-hybridized carbons (Fsp3) is 0.412. The van der Waals surface area contributed by atoms with Crippen LogP contribution in [0.4, 0.5) is 23.3 Å². The Labute approximate surface area is 324 Å². The lowest BCUT2D eigenvalue weighted by atomic mass is 10.2. The molecule has 56 heavy (non-hydrogen) atoms. The van der Waals surface area contributed by atoms with Gasteiger partial charge in [-0.05, 0) is 39.8 Å². The Balaban J connectivity index is 0.000000236. The summed E-state index contributed by atoms with van der Waals surface area (Å²) < 4.78 is 43.1. The molecule has 2 saturated heterocycles. The van der Waals surface area contributed by atoms with Crippen molar-refractivity contribution in [1.82, 2.24) is 39.0 Å². The minimum Gasteiger partial charge on any atom is -0.377 e. The first-order valence-corrected chi connectivity index (χ1v) is 17.9. The predicted octanol–water partition coefficient (Wildman–Crippen LogP) is 4.41.